The van der Waals surface area contributed by atoms with Crippen molar-refractivity contribution in [2.75, 3.05) is 13.1 Å². The van der Waals surface area contributed by atoms with Gasteiger partial charge in [-0.2, -0.15) is 0 Å². The molecule has 1 saturated heterocycles. The Bertz CT molecular complexity index is 487. The molecular formula is C14H20N4. The zero-order valence-corrected chi connectivity index (χ0v) is 10.9. The summed E-state index contributed by atoms with van der Waals surface area (Å²) >= 11 is 0. The van der Waals surface area contributed by atoms with Crippen LogP contribution >= 0.6 is 0 Å². The quantitative estimate of drug-likeness (QED) is 0.871. The summed E-state index contributed by atoms with van der Waals surface area (Å²) in [6.45, 7) is 4.44. The van der Waals surface area contributed by atoms with Gasteiger partial charge in [0.15, 0.2) is 0 Å². The summed E-state index contributed by atoms with van der Waals surface area (Å²) < 4.78 is 0. The summed E-state index contributed by atoms with van der Waals surface area (Å²) in [7, 11) is 0. The number of hydrogen-bond donors (Lipinski definition) is 2. The van der Waals surface area contributed by atoms with Crippen LogP contribution in [0.3, 0.4) is 0 Å². The number of nitrogens with zero attached hydrogens (tertiary/aromatic N) is 2. The van der Waals surface area contributed by atoms with Crippen LogP contribution in [0, 0.1) is 0 Å². The number of hydrogen-bond acceptors (Lipinski definition) is 3. The smallest absolute Gasteiger partial charge is 0.113 e. The summed E-state index contributed by atoms with van der Waals surface area (Å²) in [5.41, 5.74) is 2.33. The van der Waals surface area contributed by atoms with Gasteiger partial charge in [0.05, 0.1) is 17.2 Å². The Morgan fingerprint density at radius 2 is 2.17 bits per heavy atom. The molecule has 0 bridgehead atoms. The molecule has 0 saturated carbocycles. The second kappa shape index (κ2) is 4.69. The van der Waals surface area contributed by atoms with Gasteiger partial charge in [-0.05, 0) is 38.4 Å². The van der Waals surface area contributed by atoms with Crippen LogP contribution in [0.5, 0.6) is 0 Å². The number of aromatic amines is 1. The van der Waals surface area contributed by atoms with Crippen molar-refractivity contribution in [2.24, 2.45) is 0 Å². The normalized spacial score (nSPS) is 19.2. The van der Waals surface area contributed by atoms with Gasteiger partial charge >= 0.3 is 0 Å². The molecule has 1 aliphatic heterocycles. The summed E-state index contributed by atoms with van der Waals surface area (Å²) in [5, 5.41) is 3.45. The first-order valence-corrected chi connectivity index (χ1v) is 6.85. The molecular weight excluding hydrogens is 224 g/mol. The zero-order chi connectivity index (χ0) is 12.4. The Labute approximate surface area is 107 Å². The lowest BCUT2D eigenvalue weighted by Gasteiger charge is -2.35. The van der Waals surface area contributed by atoms with Crippen LogP contribution in [0.2, 0.25) is 0 Å². The van der Waals surface area contributed by atoms with E-state index < -0.39 is 0 Å². The number of fused-ring (bicyclic) bond motifs is 1. The maximum atomic E-state index is 4.80. The molecule has 0 radical (unpaired) electrons. The van der Waals surface area contributed by atoms with Gasteiger partial charge in [-0.3, -0.25) is 4.98 Å². The Kier molecular flexibility index (Phi) is 3.04. The minimum Gasteiger partial charge on any atom is -0.340 e. The number of pyridine rings is 1. The predicted octanol–water partition coefficient (Wildman–Crippen LogP) is 2.38. The first-order valence-electron chi connectivity index (χ1n) is 6.85. The van der Waals surface area contributed by atoms with Crippen LogP contribution in [0.25, 0.3) is 11.0 Å². The number of H-pyrrole nitrogens is 1. The number of nitrogens with one attached hydrogen (secondary N) is 2. The molecule has 3 rings (SSSR count). The highest BCUT2D eigenvalue weighted by molar-refractivity contribution is 5.73. The lowest BCUT2D eigenvalue weighted by molar-refractivity contribution is 0.273. The molecule has 3 heterocycles. The van der Waals surface area contributed by atoms with Gasteiger partial charge in [-0.15, -0.1) is 0 Å². The fraction of sp³-hybridized carbons (Fsp3) is 0.571. The molecule has 0 aliphatic carbocycles. The topological polar surface area (TPSA) is 53.6 Å². The molecule has 0 spiro atoms. The second-order valence-electron chi connectivity index (χ2n) is 5.26. The van der Waals surface area contributed by atoms with Crippen molar-refractivity contribution in [3.8, 4) is 0 Å². The van der Waals surface area contributed by atoms with E-state index in [2.05, 4.69) is 22.2 Å². The fourth-order valence-corrected chi connectivity index (χ4v) is 3.10. The monoisotopic (exact) mass is 244 g/mol. The van der Waals surface area contributed by atoms with E-state index in [4.69, 9.17) is 4.98 Å². The van der Waals surface area contributed by atoms with E-state index >= 15 is 0 Å². The molecule has 1 fully saturated rings. The van der Waals surface area contributed by atoms with Gasteiger partial charge in [-0.25, -0.2) is 4.98 Å². The molecule has 18 heavy (non-hydrogen) atoms. The standard InChI is InChI=1S/C14H20N4/c1-2-4-14(5-8-15-9-6-14)13-17-11-3-7-16-10-12(11)18-13/h3,7,10,15H,2,4-6,8-9H2,1H3,(H,17,18). The summed E-state index contributed by atoms with van der Waals surface area (Å²) in [4.78, 5) is 12.4. The maximum Gasteiger partial charge on any atom is 0.113 e. The van der Waals surface area contributed by atoms with Gasteiger partial charge < -0.3 is 10.3 Å². The number of piperidine rings is 1. The summed E-state index contributed by atoms with van der Waals surface area (Å²) in [6.07, 6.45) is 8.44. The van der Waals surface area contributed by atoms with E-state index in [1.54, 1.807) is 0 Å². The number of aromatic nitrogens is 3. The van der Waals surface area contributed by atoms with E-state index in [0.717, 1.165) is 29.9 Å². The SMILES string of the molecule is CCCC1(c2nc3ccncc3[nH]2)CCNCC1. The Morgan fingerprint density at radius 1 is 1.33 bits per heavy atom. The van der Waals surface area contributed by atoms with Crippen molar-refractivity contribution in [2.45, 2.75) is 38.0 Å². The maximum absolute atomic E-state index is 4.80. The number of rotatable bonds is 3. The van der Waals surface area contributed by atoms with Crippen molar-refractivity contribution < 1.29 is 0 Å². The first-order chi connectivity index (χ1) is 8.84. The zero-order valence-electron chi connectivity index (χ0n) is 10.9. The van der Waals surface area contributed by atoms with E-state index in [1.165, 1.54) is 25.7 Å². The van der Waals surface area contributed by atoms with Crippen LogP contribution in [-0.2, 0) is 5.41 Å². The molecule has 0 aromatic carbocycles. The van der Waals surface area contributed by atoms with E-state index in [1.807, 2.05) is 18.5 Å². The third-order valence-corrected chi connectivity index (χ3v) is 4.07. The van der Waals surface area contributed by atoms with Gasteiger partial charge in [-0.1, -0.05) is 13.3 Å². The van der Waals surface area contributed by atoms with Crippen molar-refractivity contribution in [3.05, 3.63) is 24.3 Å². The van der Waals surface area contributed by atoms with Crippen LogP contribution in [0.4, 0.5) is 0 Å². The lowest BCUT2D eigenvalue weighted by Crippen LogP contribution is -2.40. The van der Waals surface area contributed by atoms with Crippen molar-refractivity contribution in [3.63, 3.8) is 0 Å². The Hall–Kier alpha value is -1.42. The molecule has 0 atom stereocenters. The van der Waals surface area contributed by atoms with Crippen molar-refractivity contribution in [1.29, 1.82) is 0 Å². The van der Waals surface area contributed by atoms with Crippen molar-refractivity contribution >= 4 is 11.0 Å². The molecule has 0 amide bonds. The summed E-state index contributed by atoms with van der Waals surface area (Å²) in [6, 6.07) is 1.98. The molecule has 4 heteroatoms. The molecule has 2 N–H and O–H groups in total. The minimum atomic E-state index is 0.235. The first kappa shape index (κ1) is 11.7. The van der Waals surface area contributed by atoms with E-state index in [0.29, 0.717) is 0 Å². The molecule has 2 aromatic heterocycles. The molecule has 96 valence electrons. The highest BCUT2D eigenvalue weighted by Gasteiger charge is 2.35. The Morgan fingerprint density at radius 3 is 2.89 bits per heavy atom. The van der Waals surface area contributed by atoms with E-state index in [-0.39, 0.29) is 5.41 Å². The average Bonchev–Trinajstić information content (AvgIpc) is 2.84. The van der Waals surface area contributed by atoms with Gasteiger partial charge in [0.2, 0.25) is 0 Å². The average molecular weight is 244 g/mol. The highest BCUT2D eigenvalue weighted by Crippen LogP contribution is 2.36. The third kappa shape index (κ3) is 1.90. The second-order valence-corrected chi connectivity index (χ2v) is 5.26. The van der Waals surface area contributed by atoms with E-state index in [9.17, 15) is 0 Å². The van der Waals surface area contributed by atoms with Crippen LogP contribution in [-0.4, -0.2) is 28.0 Å². The molecule has 4 nitrogen and oxygen atoms in total. The highest BCUT2D eigenvalue weighted by atomic mass is 15.0. The molecule has 2 aromatic rings. The third-order valence-electron chi connectivity index (χ3n) is 4.07. The largest absolute Gasteiger partial charge is 0.340 e. The molecule has 0 unspecified atom stereocenters. The predicted molar refractivity (Wildman–Crippen MR) is 72.6 cm³/mol. The van der Waals surface area contributed by atoms with Gasteiger partial charge in [0.25, 0.3) is 0 Å². The van der Waals surface area contributed by atoms with Gasteiger partial charge in [0, 0.05) is 11.6 Å². The Balaban J connectivity index is 2.03. The molecule has 1 aliphatic rings. The summed E-state index contributed by atoms with van der Waals surface area (Å²) in [5.74, 6) is 1.16. The van der Waals surface area contributed by atoms with Crippen LogP contribution in [0.1, 0.15) is 38.4 Å². The van der Waals surface area contributed by atoms with Gasteiger partial charge in [0.1, 0.15) is 5.82 Å². The van der Waals surface area contributed by atoms with Crippen molar-refractivity contribution in [1.82, 2.24) is 20.3 Å². The minimum absolute atomic E-state index is 0.235. The van der Waals surface area contributed by atoms with Crippen LogP contribution < -0.4 is 5.32 Å². The number of imidazole rings is 1. The fourth-order valence-electron chi connectivity index (χ4n) is 3.10. The van der Waals surface area contributed by atoms with Crippen LogP contribution in [0.15, 0.2) is 18.5 Å². The lowest BCUT2D eigenvalue weighted by atomic mass is 9.75.